The SMILES string of the molecule is Cc1ccc(CC(=O)N(Cc2ccc(Cl)c(Cl)c2)C(Cc2ccccc2)C(=O)NC2CCCCC2)cc1C. The van der Waals surface area contributed by atoms with Crippen LogP contribution in [0.5, 0.6) is 0 Å². The van der Waals surface area contributed by atoms with Gasteiger partial charge in [0.1, 0.15) is 6.04 Å². The van der Waals surface area contributed by atoms with Crippen LogP contribution in [0.4, 0.5) is 0 Å². The Morgan fingerprint density at radius 1 is 0.842 bits per heavy atom. The molecule has 200 valence electrons. The second-order valence-electron chi connectivity index (χ2n) is 10.4. The van der Waals surface area contributed by atoms with Crippen LogP contribution in [0.25, 0.3) is 0 Å². The summed E-state index contributed by atoms with van der Waals surface area (Å²) >= 11 is 12.5. The van der Waals surface area contributed by atoms with Crippen LogP contribution in [0, 0.1) is 13.8 Å². The average molecular weight is 552 g/mol. The van der Waals surface area contributed by atoms with Gasteiger partial charge in [0.2, 0.25) is 11.8 Å². The van der Waals surface area contributed by atoms with Crippen molar-refractivity contribution in [1.29, 1.82) is 0 Å². The number of halogens is 2. The van der Waals surface area contributed by atoms with E-state index in [4.69, 9.17) is 23.2 Å². The molecule has 38 heavy (non-hydrogen) atoms. The third kappa shape index (κ3) is 7.61. The Bertz CT molecular complexity index is 1260. The van der Waals surface area contributed by atoms with E-state index in [0.717, 1.165) is 47.9 Å². The summed E-state index contributed by atoms with van der Waals surface area (Å²) in [6, 6.07) is 20.8. The third-order valence-corrected chi connectivity index (χ3v) is 8.23. The standard InChI is InChI=1S/C32H36Cl2N2O2/c1-22-13-14-25(17-23(22)2)20-31(37)36(21-26-15-16-28(33)29(34)18-26)30(19-24-9-5-3-6-10-24)32(38)35-27-11-7-4-8-12-27/h3,5-6,9-10,13-18,27,30H,4,7-8,11-12,19-21H2,1-2H3,(H,35,38). The monoisotopic (exact) mass is 550 g/mol. The molecular formula is C32H36Cl2N2O2. The van der Waals surface area contributed by atoms with Crippen molar-refractivity contribution < 1.29 is 9.59 Å². The number of rotatable bonds is 9. The normalized spacial score (nSPS) is 14.6. The van der Waals surface area contributed by atoms with Crippen LogP contribution in [-0.4, -0.2) is 28.8 Å². The number of benzene rings is 3. The summed E-state index contributed by atoms with van der Waals surface area (Å²) in [6.07, 6.45) is 6.04. The molecule has 1 aliphatic carbocycles. The van der Waals surface area contributed by atoms with Gasteiger partial charge in [-0.1, -0.05) is 97.1 Å². The highest BCUT2D eigenvalue weighted by Gasteiger charge is 2.32. The number of nitrogens with one attached hydrogen (secondary N) is 1. The van der Waals surface area contributed by atoms with Gasteiger partial charge < -0.3 is 10.2 Å². The van der Waals surface area contributed by atoms with Crippen LogP contribution in [0.15, 0.2) is 66.7 Å². The van der Waals surface area contributed by atoms with E-state index in [1.54, 1.807) is 17.0 Å². The molecule has 1 atom stereocenters. The zero-order valence-corrected chi connectivity index (χ0v) is 23.7. The van der Waals surface area contributed by atoms with Gasteiger partial charge in [0, 0.05) is 19.0 Å². The van der Waals surface area contributed by atoms with E-state index in [-0.39, 0.29) is 30.8 Å². The Labute approximate surface area is 236 Å². The summed E-state index contributed by atoms with van der Waals surface area (Å²) in [5.41, 5.74) is 5.10. The summed E-state index contributed by atoms with van der Waals surface area (Å²) in [7, 11) is 0. The molecule has 0 heterocycles. The van der Waals surface area contributed by atoms with Crippen molar-refractivity contribution in [1.82, 2.24) is 10.2 Å². The lowest BCUT2D eigenvalue weighted by molar-refractivity contribution is -0.141. The van der Waals surface area contributed by atoms with E-state index in [9.17, 15) is 9.59 Å². The van der Waals surface area contributed by atoms with Gasteiger partial charge >= 0.3 is 0 Å². The lowest BCUT2D eigenvalue weighted by atomic mass is 9.94. The predicted molar refractivity (Wildman–Crippen MR) is 156 cm³/mol. The van der Waals surface area contributed by atoms with E-state index in [1.807, 2.05) is 55.5 Å². The summed E-state index contributed by atoms with van der Waals surface area (Å²) in [5, 5.41) is 4.17. The van der Waals surface area contributed by atoms with E-state index < -0.39 is 6.04 Å². The fourth-order valence-electron chi connectivity index (χ4n) is 5.12. The summed E-state index contributed by atoms with van der Waals surface area (Å²) in [4.78, 5) is 29.6. The third-order valence-electron chi connectivity index (χ3n) is 7.49. The molecule has 0 saturated heterocycles. The molecule has 0 bridgehead atoms. The molecule has 3 aromatic rings. The van der Waals surface area contributed by atoms with Gasteiger partial charge in [-0.3, -0.25) is 9.59 Å². The second kappa shape index (κ2) is 13.3. The summed E-state index contributed by atoms with van der Waals surface area (Å²) < 4.78 is 0. The van der Waals surface area contributed by atoms with Crippen LogP contribution < -0.4 is 5.32 Å². The second-order valence-corrected chi connectivity index (χ2v) is 11.2. The van der Waals surface area contributed by atoms with Crippen molar-refractivity contribution in [3.05, 3.63) is 105 Å². The highest BCUT2D eigenvalue weighted by Crippen LogP contribution is 2.25. The molecule has 0 spiro atoms. The van der Waals surface area contributed by atoms with Crippen LogP contribution in [0.3, 0.4) is 0 Å². The minimum absolute atomic E-state index is 0.0981. The van der Waals surface area contributed by atoms with Crippen molar-refractivity contribution in [2.45, 2.75) is 77.4 Å². The maximum atomic E-state index is 14.0. The van der Waals surface area contributed by atoms with Crippen molar-refractivity contribution >= 4 is 35.0 Å². The predicted octanol–water partition coefficient (Wildman–Crippen LogP) is 7.24. The van der Waals surface area contributed by atoms with Gasteiger partial charge in [0.05, 0.1) is 16.5 Å². The Balaban J connectivity index is 1.67. The van der Waals surface area contributed by atoms with Gasteiger partial charge in [-0.15, -0.1) is 0 Å². The summed E-state index contributed by atoms with van der Waals surface area (Å²) in [6.45, 7) is 4.37. The molecular weight excluding hydrogens is 515 g/mol. The van der Waals surface area contributed by atoms with Crippen LogP contribution in [0.1, 0.15) is 59.9 Å². The fraction of sp³-hybridized carbons (Fsp3) is 0.375. The first-order valence-electron chi connectivity index (χ1n) is 13.4. The minimum Gasteiger partial charge on any atom is -0.352 e. The molecule has 6 heteroatoms. The smallest absolute Gasteiger partial charge is 0.243 e. The van der Waals surface area contributed by atoms with Crippen molar-refractivity contribution in [3.63, 3.8) is 0 Å². The zero-order valence-electron chi connectivity index (χ0n) is 22.2. The minimum atomic E-state index is -0.659. The molecule has 4 rings (SSSR count). The number of carbonyl (C=O) groups excluding carboxylic acids is 2. The molecule has 0 aromatic heterocycles. The van der Waals surface area contributed by atoms with E-state index >= 15 is 0 Å². The van der Waals surface area contributed by atoms with Crippen molar-refractivity contribution in [2.75, 3.05) is 0 Å². The maximum absolute atomic E-state index is 14.0. The van der Waals surface area contributed by atoms with E-state index in [0.29, 0.717) is 16.5 Å². The number of hydrogen-bond acceptors (Lipinski definition) is 2. The quantitative estimate of drug-likeness (QED) is 0.305. The van der Waals surface area contributed by atoms with Crippen LogP contribution in [-0.2, 0) is 29.0 Å². The van der Waals surface area contributed by atoms with E-state index in [2.05, 4.69) is 18.3 Å². The van der Waals surface area contributed by atoms with Crippen molar-refractivity contribution in [3.8, 4) is 0 Å². The van der Waals surface area contributed by atoms with Crippen LogP contribution in [0.2, 0.25) is 10.0 Å². The first kappa shape index (κ1) is 28.2. The zero-order chi connectivity index (χ0) is 27.1. The Morgan fingerprint density at radius 3 is 2.24 bits per heavy atom. The highest BCUT2D eigenvalue weighted by molar-refractivity contribution is 6.42. The topological polar surface area (TPSA) is 49.4 Å². The largest absolute Gasteiger partial charge is 0.352 e. The summed E-state index contributed by atoms with van der Waals surface area (Å²) in [5.74, 6) is -0.201. The molecule has 0 aliphatic heterocycles. The average Bonchev–Trinajstić information content (AvgIpc) is 2.91. The maximum Gasteiger partial charge on any atom is 0.243 e. The molecule has 2 amide bonds. The molecule has 1 saturated carbocycles. The number of nitrogens with zero attached hydrogens (tertiary/aromatic N) is 1. The molecule has 4 nitrogen and oxygen atoms in total. The molecule has 1 unspecified atom stereocenters. The Kier molecular flexibility index (Phi) is 9.87. The van der Waals surface area contributed by atoms with Gasteiger partial charge in [0.15, 0.2) is 0 Å². The molecule has 0 radical (unpaired) electrons. The Hall–Kier alpha value is -2.82. The molecule has 1 aliphatic rings. The first-order valence-corrected chi connectivity index (χ1v) is 14.2. The number of carbonyl (C=O) groups is 2. The lowest BCUT2D eigenvalue weighted by Crippen LogP contribution is -2.53. The molecule has 1 fully saturated rings. The highest BCUT2D eigenvalue weighted by atomic mass is 35.5. The first-order chi connectivity index (χ1) is 18.3. The van der Waals surface area contributed by atoms with Gasteiger partial charge in [-0.2, -0.15) is 0 Å². The van der Waals surface area contributed by atoms with Crippen LogP contribution >= 0.6 is 23.2 Å². The van der Waals surface area contributed by atoms with Gasteiger partial charge in [0.25, 0.3) is 0 Å². The molecule has 1 N–H and O–H groups in total. The van der Waals surface area contributed by atoms with Gasteiger partial charge in [-0.05, 0) is 66.6 Å². The van der Waals surface area contributed by atoms with Gasteiger partial charge in [-0.25, -0.2) is 0 Å². The van der Waals surface area contributed by atoms with E-state index in [1.165, 1.54) is 12.0 Å². The Morgan fingerprint density at radius 2 is 1.55 bits per heavy atom. The van der Waals surface area contributed by atoms with Crippen molar-refractivity contribution in [2.24, 2.45) is 0 Å². The number of amides is 2. The lowest BCUT2D eigenvalue weighted by Gasteiger charge is -2.33. The fourth-order valence-corrected chi connectivity index (χ4v) is 5.44. The number of hydrogen-bond donors (Lipinski definition) is 1. The number of aryl methyl sites for hydroxylation is 2. The molecule has 3 aromatic carbocycles.